The summed E-state index contributed by atoms with van der Waals surface area (Å²) in [6.45, 7) is 0.492. The number of hydrogen-bond acceptors (Lipinski definition) is 2. The summed E-state index contributed by atoms with van der Waals surface area (Å²) in [6, 6.07) is 7.34. The second-order valence-corrected chi connectivity index (χ2v) is 2.58. The summed E-state index contributed by atoms with van der Waals surface area (Å²) in [6.07, 6.45) is -0.462. The zero-order valence-corrected chi connectivity index (χ0v) is 7.16. The average molecular weight is 168 g/mol. The Morgan fingerprint density at radius 1 is 1.42 bits per heavy atom. The molecule has 1 atom stereocenters. The molecule has 12 heavy (non-hydrogen) atoms. The third-order valence-electron chi connectivity index (χ3n) is 1.77. The fourth-order valence-corrected chi connectivity index (χ4v) is 0.993. The van der Waals surface area contributed by atoms with Gasteiger partial charge >= 0.3 is 0 Å². The second-order valence-electron chi connectivity index (χ2n) is 2.58. The molecule has 0 fully saturated rings. The molecule has 1 unspecified atom stereocenters. The maximum Gasteiger partial charge on any atom is 0.128 e. The van der Waals surface area contributed by atoms with Gasteiger partial charge in [0, 0.05) is 0 Å². The van der Waals surface area contributed by atoms with Gasteiger partial charge in [0.1, 0.15) is 18.4 Å². The number of ether oxygens (including phenoxy) is 1. The van der Waals surface area contributed by atoms with Crippen LogP contribution in [0.3, 0.4) is 0 Å². The molecule has 0 saturated heterocycles. The van der Waals surface area contributed by atoms with E-state index in [4.69, 9.17) is 4.74 Å². The minimum absolute atomic E-state index is 0.462. The van der Waals surface area contributed by atoms with Crippen LogP contribution in [-0.2, 0) is 0 Å². The molecule has 0 aliphatic rings. The van der Waals surface area contributed by atoms with E-state index < -0.39 is 6.10 Å². The first-order chi connectivity index (χ1) is 5.77. The SMILES string of the molecule is COc1ccc(C(O)C[NH3+])cc1. The van der Waals surface area contributed by atoms with Crippen LogP contribution in [0.15, 0.2) is 24.3 Å². The normalized spacial score (nSPS) is 12.6. The van der Waals surface area contributed by atoms with Gasteiger partial charge in [0.25, 0.3) is 0 Å². The summed E-state index contributed by atoms with van der Waals surface area (Å²) in [4.78, 5) is 0. The molecule has 0 saturated carbocycles. The van der Waals surface area contributed by atoms with Crippen molar-refractivity contribution in [1.29, 1.82) is 0 Å². The van der Waals surface area contributed by atoms with Gasteiger partial charge in [-0.2, -0.15) is 0 Å². The molecule has 0 heterocycles. The van der Waals surface area contributed by atoms with Crippen molar-refractivity contribution in [3.05, 3.63) is 29.8 Å². The van der Waals surface area contributed by atoms with Gasteiger partial charge in [0.15, 0.2) is 0 Å². The molecule has 0 bridgehead atoms. The van der Waals surface area contributed by atoms with Gasteiger partial charge in [-0.3, -0.25) is 0 Å². The predicted molar refractivity (Wildman–Crippen MR) is 45.7 cm³/mol. The highest BCUT2D eigenvalue weighted by atomic mass is 16.5. The van der Waals surface area contributed by atoms with E-state index in [9.17, 15) is 5.11 Å². The predicted octanol–water partition coefficient (Wildman–Crippen LogP) is -0.0295. The van der Waals surface area contributed by atoms with Gasteiger partial charge in [-0.1, -0.05) is 12.1 Å². The van der Waals surface area contributed by atoms with Gasteiger partial charge in [0.2, 0.25) is 0 Å². The molecule has 66 valence electrons. The average Bonchev–Trinajstić information content (AvgIpc) is 2.17. The van der Waals surface area contributed by atoms with E-state index in [1.165, 1.54) is 0 Å². The van der Waals surface area contributed by atoms with Crippen LogP contribution in [-0.4, -0.2) is 18.8 Å². The monoisotopic (exact) mass is 168 g/mol. The molecule has 1 aromatic carbocycles. The number of methoxy groups -OCH3 is 1. The molecule has 4 N–H and O–H groups in total. The van der Waals surface area contributed by atoms with Crippen LogP contribution in [0.4, 0.5) is 0 Å². The van der Waals surface area contributed by atoms with Crippen LogP contribution in [0.1, 0.15) is 11.7 Å². The zero-order chi connectivity index (χ0) is 8.97. The van der Waals surface area contributed by atoms with Crippen molar-refractivity contribution in [3.8, 4) is 5.75 Å². The maximum atomic E-state index is 9.39. The standard InChI is InChI=1S/C9H13NO2/c1-12-8-4-2-7(3-5-8)9(11)6-10/h2-5,9,11H,6,10H2,1H3/p+1. The van der Waals surface area contributed by atoms with Crippen molar-refractivity contribution < 1.29 is 15.6 Å². The highest BCUT2D eigenvalue weighted by Gasteiger charge is 2.05. The van der Waals surface area contributed by atoms with Crippen LogP contribution in [0.2, 0.25) is 0 Å². The summed E-state index contributed by atoms with van der Waals surface area (Å²) in [5, 5.41) is 9.39. The van der Waals surface area contributed by atoms with Crippen LogP contribution in [0.25, 0.3) is 0 Å². The van der Waals surface area contributed by atoms with Crippen molar-refractivity contribution in [2.45, 2.75) is 6.10 Å². The smallest absolute Gasteiger partial charge is 0.128 e. The molecule has 0 radical (unpaired) electrons. The summed E-state index contributed by atoms with van der Waals surface area (Å²) in [7, 11) is 1.62. The van der Waals surface area contributed by atoms with Gasteiger partial charge in [-0.15, -0.1) is 0 Å². The topological polar surface area (TPSA) is 57.1 Å². The Kier molecular flexibility index (Phi) is 3.08. The number of benzene rings is 1. The van der Waals surface area contributed by atoms with Crippen LogP contribution >= 0.6 is 0 Å². The lowest BCUT2D eigenvalue weighted by Crippen LogP contribution is -2.52. The molecular formula is C9H14NO2+. The quantitative estimate of drug-likeness (QED) is 0.666. The first-order valence-corrected chi connectivity index (χ1v) is 3.89. The first kappa shape index (κ1) is 9.03. The van der Waals surface area contributed by atoms with Crippen molar-refractivity contribution in [2.75, 3.05) is 13.7 Å². The van der Waals surface area contributed by atoms with E-state index in [0.29, 0.717) is 6.54 Å². The lowest BCUT2D eigenvalue weighted by Gasteiger charge is -2.06. The zero-order valence-electron chi connectivity index (χ0n) is 7.16. The molecule has 0 aliphatic carbocycles. The largest absolute Gasteiger partial charge is 0.497 e. The van der Waals surface area contributed by atoms with E-state index in [1.807, 2.05) is 24.3 Å². The molecule has 1 aromatic rings. The van der Waals surface area contributed by atoms with Crippen molar-refractivity contribution in [3.63, 3.8) is 0 Å². The van der Waals surface area contributed by atoms with E-state index in [1.54, 1.807) is 7.11 Å². The minimum Gasteiger partial charge on any atom is -0.497 e. The number of quaternary nitrogens is 1. The van der Waals surface area contributed by atoms with E-state index >= 15 is 0 Å². The van der Waals surface area contributed by atoms with E-state index in [2.05, 4.69) is 5.73 Å². The molecule has 3 nitrogen and oxygen atoms in total. The lowest BCUT2D eigenvalue weighted by atomic mass is 10.1. The lowest BCUT2D eigenvalue weighted by molar-refractivity contribution is -0.385. The summed E-state index contributed by atoms with van der Waals surface area (Å²) < 4.78 is 4.99. The molecule has 0 aliphatic heterocycles. The molecule has 3 heteroatoms. The Bertz CT molecular complexity index is 233. The van der Waals surface area contributed by atoms with Crippen molar-refractivity contribution >= 4 is 0 Å². The van der Waals surface area contributed by atoms with Crippen LogP contribution < -0.4 is 10.5 Å². The number of hydrogen-bond donors (Lipinski definition) is 2. The van der Waals surface area contributed by atoms with Gasteiger partial charge in [0.05, 0.1) is 7.11 Å². The Labute approximate surface area is 71.8 Å². The fourth-order valence-electron chi connectivity index (χ4n) is 0.993. The molecular weight excluding hydrogens is 154 g/mol. The third kappa shape index (κ3) is 1.96. The highest BCUT2D eigenvalue weighted by Crippen LogP contribution is 2.15. The number of aliphatic hydroxyl groups is 1. The van der Waals surface area contributed by atoms with Gasteiger partial charge < -0.3 is 15.6 Å². The fraction of sp³-hybridized carbons (Fsp3) is 0.333. The van der Waals surface area contributed by atoms with Crippen LogP contribution in [0.5, 0.6) is 5.75 Å². The Morgan fingerprint density at radius 3 is 2.42 bits per heavy atom. The molecule has 0 aromatic heterocycles. The molecule has 1 rings (SSSR count). The number of aliphatic hydroxyl groups excluding tert-OH is 1. The summed E-state index contributed by atoms with van der Waals surface area (Å²) >= 11 is 0. The Hall–Kier alpha value is -1.06. The van der Waals surface area contributed by atoms with Crippen molar-refractivity contribution in [2.24, 2.45) is 0 Å². The second kappa shape index (κ2) is 4.09. The first-order valence-electron chi connectivity index (χ1n) is 3.89. The Morgan fingerprint density at radius 2 is 2.00 bits per heavy atom. The Balaban J connectivity index is 2.77. The van der Waals surface area contributed by atoms with E-state index in [-0.39, 0.29) is 0 Å². The molecule has 0 amide bonds. The van der Waals surface area contributed by atoms with Gasteiger partial charge in [-0.25, -0.2) is 0 Å². The van der Waals surface area contributed by atoms with Crippen LogP contribution in [0, 0.1) is 0 Å². The van der Waals surface area contributed by atoms with Gasteiger partial charge in [-0.05, 0) is 17.7 Å². The van der Waals surface area contributed by atoms with Crippen molar-refractivity contribution in [1.82, 2.24) is 0 Å². The summed E-state index contributed by atoms with van der Waals surface area (Å²) in [5.74, 6) is 0.801. The third-order valence-corrected chi connectivity index (χ3v) is 1.77. The highest BCUT2D eigenvalue weighted by molar-refractivity contribution is 5.28. The minimum atomic E-state index is -0.462. The number of rotatable bonds is 3. The maximum absolute atomic E-state index is 9.39. The molecule has 0 spiro atoms. The summed E-state index contributed by atoms with van der Waals surface area (Å²) in [5.41, 5.74) is 4.50. The van der Waals surface area contributed by atoms with E-state index in [0.717, 1.165) is 11.3 Å².